The van der Waals surface area contributed by atoms with Gasteiger partial charge in [-0.2, -0.15) is 0 Å². The van der Waals surface area contributed by atoms with Crippen LogP contribution in [-0.4, -0.2) is 41.0 Å². The monoisotopic (exact) mass is 242 g/mol. The van der Waals surface area contributed by atoms with E-state index in [9.17, 15) is 9.59 Å². The highest BCUT2D eigenvalue weighted by molar-refractivity contribution is 5.83. The zero-order valence-corrected chi connectivity index (χ0v) is 10.7. The van der Waals surface area contributed by atoms with Gasteiger partial charge in [0.05, 0.1) is 12.0 Å². The first-order valence-corrected chi connectivity index (χ1v) is 6.10. The van der Waals surface area contributed by atoms with E-state index in [4.69, 9.17) is 10.8 Å². The van der Waals surface area contributed by atoms with Gasteiger partial charge in [-0.3, -0.25) is 9.59 Å². The molecule has 3 atom stereocenters. The molecule has 17 heavy (non-hydrogen) atoms. The van der Waals surface area contributed by atoms with Gasteiger partial charge in [-0.05, 0) is 18.3 Å². The van der Waals surface area contributed by atoms with Crippen LogP contribution in [0.3, 0.4) is 0 Å². The van der Waals surface area contributed by atoms with Crippen LogP contribution in [0.5, 0.6) is 0 Å². The Morgan fingerprint density at radius 1 is 1.41 bits per heavy atom. The minimum absolute atomic E-state index is 0.00250. The smallest absolute Gasteiger partial charge is 0.308 e. The molecule has 0 aromatic heterocycles. The number of rotatable bonds is 4. The van der Waals surface area contributed by atoms with E-state index in [1.807, 2.05) is 20.8 Å². The first-order valence-electron chi connectivity index (χ1n) is 6.10. The number of hydrogen-bond donors (Lipinski definition) is 2. The van der Waals surface area contributed by atoms with Crippen LogP contribution in [0.4, 0.5) is 0 Å². The molecule has 0 radical (unpaired) electrons. The van der Waals surface area contributed by atoms with Crippen molar-refractivity contribution in [1.82, 2.24) is 4.90 Å². The van der Waals surface area contributed by atoms with E-state index in [0.29, 0.717) is 25.4 Å². The van der Waals surface area contributed by atoms with Gasteiger partial charge in [0.1, 0.15) is 0 Å². The van der Waals surface area contributed by atoms with Crippen molar-refractivity contribution in [2.24, 2.45) is 23.5 Å². The van der Waals surface area contributed by atoms with E-state index in [1.165, 1.54) is 0 Å². The molecule has 1 saturated heterocycles. The largest absolute Gasteiger partial charge is 0.481 e. The average Bonchev–Trinajstić information content (AvgIpc) is 2.58. The minimum Gasteiger partial charge on any atom is -0.481 e. The third kappa shape index (κ3) is 3.43. The molecule has 1 aliphatic heterocycles. The molecule has 0 saturated carbocycles. The Bertz CT molecular complexity index is 304. The third-order valence-electron chi connectivity index (χ3n) is 3.28. The van der Waals surface area contributed by atoms with Crippen LogP contribution in [0.1, 0.15) is 27.2 Å². The summed E-state index contributed by atoms with van der Waals surface area (Å²) in [7, 11) is 0. The van der Waals surface area contributed by atoms with E-state index >= 15 is 0 Å². The molecule has 0 bridgehead atoms. The fourth-order valence-corrected chi connectivity index (χ4v) is 2.31. The lowest BCUT2D eigenvalue weighted by Gasteiger charge is -2.21. The van der Waals surface area contributed by atoms with Crippen LogP contribution in [0, 0.1) is 17.8 Å². The van der Waals surface area contributed by atoms with E-state index in [2.05, 4.69) is 0 Å². The first kappa shape index (κ1) is 14.0. The zero-order valence-electron chi connectivity index (χ0n) is 10.7. The molecule has 0 aromatic rings. The van der Waals surface area contributed by atoms with Gasteiger partial charge in [0.25, 0.3) is 0 Å². The average molecular weight is 242 g/mol. The number of aliphatic carboxylic acids is 1. The number of nitrogens with two attached hydrogens (primary N) is 1. The topological polar surface area (TPSA) is 83.6 Å². The fourth-order valence-electron chi connectivity index (χ4n) is 2.31. The Labute approximate surface area is 102 Å². The Morgan fingerprint density at radius 3 is 2.41 bits per heavy atom. The molecule has 5 nitrogen and oxygen atoms in total. The molecule has 1 fully saturated rings. The highest BCUT2D eigenvalue weighted by Crippen LogP contribution is 2.24. The molecule has 98 valence electrons. The summed E-state index contributed by atoms with van der Waals surface area (Å²) in [4.78, 5) is 24.6. The minimum atomic E-state index is -0.828. The number of hydrogen-bond acceptors (Lipinski definition) is 3. The van der Waals surface area contributed by atoms with Gasteiger partial charge < -0.3 is 15.7 Å². The lowest BCUT2D eigenvalue weighted by Crippen LogP contribution is -2.43. The van der Waals surface area contributed by atoms with Crippen molar-refractivity contribution in [3.05, 3.63) is 0 Å². The van der Waals surface area contributed by atoms with Gasteiger partial charge in [0.15, 0.2) is 0 Å². The highest BCUT2D eigenvalue weighted by atomic mass is 16.4. The van der Waals surface area contributed by atoms with Crippen molar-refractivity contribution in [3.63, 3.8) is 0 Å². The van der Waals surface area contributed by atoms with Crippen LogP contribution >= 0.6 is 0 Å². The van der Waals surface area contributed by atoms with Crippen LogP contribution in [0.2, 0.25) is 0 Å². The van der Waals surface area contributed by atoms with Crippen molar-refractivity contribution in [3.8, 4) is 0 Å². The van der Waals surface area contributed by atoms with Gasteiger partial charge in [0.2, 0.25) is 5.91 Å². The number of carboxylic acids is 1. The molecular weight excluding hydrogens is 220 g/mol. The highest BCUT2D eigenvalue weighted by Gasteiger charge is 2.38. The van der Waals surface area contributed by atoms with Crippen molar-refractivity contribution in [2.75, 3.05) is 13.1 Å². The van der Waals surface area contributed by atoms with E-state index in [0.717, 1.165) is 0 Å². The number of likely N-dealkylation sites (tertiary alicyclic amines) is 1. The zero-order chi connectivity index (χ0) is 13.2. The lowest BCUT2D eigenvalue weighted by molar-refractivity contribution is -0.142. The SMILES string of the molecule is CC(C)C[C@H](N)C(=O)N1CC(C)C(C(=O)O)C1. The van der Waals surface area contributed by atoms with Crippen molar-refractivity contribution >= 4 is 11.9 Å². The predicted octanol–water partition coefficient (Wildman–Crippen LogP) is 0.539. The van der Waals surface area contributed by atoms with Gasteiger partial charge in [0, 0.05) is 13.1 Å². The fraction of sp³-hybridized carbons (Fsp3) is 0.833. The number of carboxylic acid groups (broad SMARTS) is 1. The van der Waals surface area contributed by atoms with Crippen LogP contribution in [-0.2, 0) is 9.59 Å². The second-order valence-corrected chi connectivity index (χ2v) is 5.40. The maximum absolute atomic E-state index is 12.0. The van der Waals surface area contributed by atoms with Crippen LogP contribution in [0.25, 0.3) is 0 Å². The Hall–Kier alpha value is -1.10. The number of nitrogens with zero attached hydrogens (tertiary/aromatic N) is 1. The summed E-state index contributed by atoms with van der Waals surface area (Å²) >= 11 is 0. The second-order valence-electron chi connectivity index (χ2n) is 5.40. The summed E-state index contributed by atoms with van der Waals surface area (Å²) in [5, 5.41) is 9.00. The van der Waals surface area contributed by atoms with E-state index in [1.54, 1.807) is 4.90 Å². The van der Waals surface area contributed by atoms with Crippen LogP contribution in [0.15, 0.2) is 0 Å². The molecule has 2 unspecified atom stereocenters. The summed E-state index contributed by atoms with van der Waals surface area (Å²) < 4.78 is 0. The van der Waals surface area contributed by atoms with Gasteiger partial charge in [-0.15, -0.1) is 0 Å². The Balaban J connectivity index is 2.58. The van der Waals surface area contributed by atoms with Crippen LogP contribution < -0.4 is 5.73 Å². The number of amides is 1. The molecule has 0 aromatic carbocycles. The first-order chi connectivity index (χ1) is 7.82. The maximum Gasteiger partial charge on any atom is 0.308 e. The molecule has 3 N–H and O–H groups in total. The van der Waals surface area contributed by atoms with E-state index in [-0.39, 0.29) is 11.8 Å². The summed E-state index contributed by atoms with van der Waals surface area (Å²) in [6.45, 7) is 6.68. The molecular formula is C12H22N2O3. The Kier molecular flexibility index (Phi) is 4.51. The molecule has 1 heterocycles. The molecule has 0 aliphatic carbocycles. The van der Waals surface area contributed by atoms with Gasteiger partial charge in [-0.1, -0.05) is 20.8 Å². The molecule has 1 amide bonds. The van der Waals surface area contributed by atoms with Crippen molar-refractivity contribution in [1.29, 1.82) is 0 Å². The van der Waals surface area contributed by atoms with Gasteiger partial charge in [-0.25, -0.2) is 0 Å². The standard InChI is InChI=1S/C12H22N2O3/c1-7(2)4-10(13)11(15)14-5-8(3)9(6-14)12(16)17/h7-10H,4-6,13H2,1-3H3,(H,16,17)/t8?,9?,10-/m0/s1. The molecule has 1 rings (SSSR count). The van der Waals surface area contributed by atoms with E-state index < -0.39 is 17.9 Å². The summed E-state index contributed by atoms with van der Waals surface area (Å²) in [6, 6.07) is -0.505. The normalized spacial score (nSPS) is 26.3. The maximum atomic E-state index is 12.0. The predicted molar refractivity (Wildman–Crippen MR) is 64.3 cm³/mol. The summed E-state index contributed by atoms with van der Waals surface area (Å²) in [6.07, 6.45) is 0.640. The Morgan fingerprint density at radius 2 is 2.00 bits per heavy atom. The van der Waals surface area contributed by atoms with Crippen molar-refractivity contribution < 1.29 is 14.7 Å². The number of carbonyl (C=O) groups is 2. The second kappa shape index (κ2) is 5.49. The number of carbonyl (C=O) groups excluding carboxylic acids is 1. The summed E-state index contributed by atoms with van der Waals surface area (Å²) in [5.74, 6) is -1.03. The van der Waals surface area contributed by atoms with Crippen molar-refractivity contribution in [2.45, 2.75) is 33.2 Å². The molecule has 0 spiro atoms. The summed E-state index contributed by atoms with van der Waals surface area (Å²) in [5.41, 5.74) is 5.83. The quantitative estimate of drug-likeness (QED) is 0.753. The lowest BCUT2D eigenvalue weighted by atomic mass is 9.99. The molecule has 1 aliphatic rings. The molecule has 5 heteroatoms. The third-order valence-corrected chi connectivity index (χ3v) is 3.28. The van der Waals surface area contributed by atoms with Gasteiger partial charge >= 0.3 is 5.97 Å².